The predicted octanol–water partition coefficient (Wildman–Crippen LogP) is 10.3. The van der Waals surface area contributed by atoms with Crippen LogP contribution in [0.3, 0.4) is 0 Å². The lowest BCUT2D eigenvalue weighted by atomic mass is 10.1. The summed E-state index contributed by atoms with van der Waals surface area (Å²) in [4.78, 5) is 9.86. The largest absolute Gasteiger partial charge is 0.245 e. The Hall–Kier alpha value is -5.60. The van der Waals surface area contributed by atoms with E-state index in [0.29, 0.717) is 0 Å². The Bertz CT molecular complexity index is 1740. The number of benzene rings is 5. The lowest BCUT2D eigenvalue weighted by Gasteiger charge is -2.04. The summed E-state index contributed by atoms with van der Waals surface area (Å²) < 4.78 is 0. The lowest BCUT2D eigenvalue weighted by Crippen LogP contribution is -1.93. The number of nitrogens with zero attached hydrogens (tertiary/aromatic N) is 2. The number of hydrogen-bond donors (Lipinski definition) is 0. The first kappa shape index (κ1) is 26.6. The van der Waals surface area contributed by atoms with E-state index in [9.17, 15) is 0 Å². The molecule has 0 aliphatic rings. The lowest BCUT2D eigenvalue weighted by molar-refractivity contribution is 1.24. The summed E-state index contributed by atoms with van der Waals surface area (Å²) in [7, 11) is 0. The smallest absolute Gasteiger partial charge is 0.0894 e. The van der Waals surface area contributed by atoms with Crippen molar-refractivity contribution in [2.24, 2.45) is 0 Å². The Morgan fingerprint density at radius 1 is 0.262 bits per heavy atom. The maximum Gasteiger partial charge on any atom is 0.0894 e. The van der Waals surface area contributed by atoms with Crippen LogP contribution in [0.5, 0.6) is 0 Å². The van der Waals surface area contributed by atoms with Crippen LogP contribution in [0.1, 0.15) is 44.8 Å². The first-order chi connectivity index (χ1) is 20.8. The van der Waals surface area contributed by atoms with Gasteiger partial charge in [0.2, 0.25) is 0 Å². The van der Waals surface area contributed by atoms with E-state index in [-0.39, 0.29) is 0 Å². The Labute approximate surface area is 247 Å². The van der Waals surface area contributed by atoms with Crippen molar-refractivity contribution in [2.75, 3.05) is 0 Å². The zero-order valence-corrected chi connectivity index (χ0v) is 23.2. The van der Waals surface area contributed by atoms with Crippen molar-refractivity contribution >= 4 is 59.6 Å². The van der Waals surface area contributed by atoms with E-state index in [1.54, 1.807) is 0 Å². The van der Waals surface area contributed by atoms with Gasteiger partial charge in [-0.1, -0.05) is 158 Å². The number of para-hydroxylation sites is 2. The number of fused-ring (bicyclic) bond motifs is 1. The molecule has 5 aromatic carbocycles. The summed E-state index contributed by atoms with van der Waals surface area (Å²) in [5, 5.41) is 0. The molecular weight excluding hydrogens is 508 g/mol. The van der Waals surface area contributed by atoms with Crippen LogP contribution in [-0.4, -0.2) is 9.97 Å². The van der Waals surface area contributed by atoms with Gasteiger partial charge >= 0.3 is 0 Å². The zero-order chi connectivity index (χ0) is 28.4. The topological polar surface area (TPSA) is 25.8 Å². The Balaban J connectivity index is 1.20. The van der Waals surface area contributed by atoms with Gasteiger partial charge in [0, 0.05) is 0 Å². The Kier molecular flexibility index (Phi) is 8.34. The molecule has 0 saturated heterocycles. The summed E-state index contributed by atoms with van der Waals surface area (Å²) in [5.41, 5.74) is 10.3. The third-order valence-electron chi connectivity index (χ3n) is 6.90. The Morgan fingerprint density at radius 2 is 0.524 bits per heavy atom. The fourth-order valence-electron chi connectivity index (χ4n) is 4.57. The highest BCUT2D eigenvalue weighted by molar-refractivity contribution is 5.83. The highest BCUT2D eigenvalue weighted by Gasteiger charge is 2.04. The molecule has 0 spiro atoms. The molecule has 6 rings (SSSR count). The molecular formula is C40H30N2. The van der Waals surface area contributed by atoms with Crippen LogP contribution in [0.2, 0.25) is 0 Å². The van der Waals surface area contributed by atoms with E-state index in [1.165, 1.54) is 11.1 Å². The maximum atomic E-state index is 4.93. The first-order valence-electron chi connectivity index (χ1n) is 14.1. The quantitative estimate of drug-likeness (QED) is 0.180. The van der Waals surface area contributed by atoms with Crippen molar-refractivity contribution in [3.05, 3.63) is 178 Å². The van der Waals surface area contributed by atoms with Crippen molar-refractivity contribution in [1.29, 1.82) is 0 Å². The van der Waals surface area contributed by atoms with Gasteiger partial charge in [-0.15, -0.1) is 0 Å². The van der Waals surface area contributed by atoms with Crippen LogP contribution < -0.4 is 0 Å². The molecule has 0 unspecified atom stereocenters. The molecule has 1 heterocycles. The molecule has 0 saturated carbocycles. The molecule has 42 heavy (non-hydrogen) atoms. The SMILES string of the molecule is C(=Cc1ccc(C=Cc2nc3ccccc3nc2C=Cc2ccc(C=Cc3ccccc3)cc2)cc1)c1ccccc1. The fourth-order valence-corrected chi connectivity index (χ4v) is 4.57. The van der Waals surface area contributed by atoms with Gasteiger partial charge in [-0.2, -0.15) is 0 Å². The van der Waals surface area contributed by atoms with Gasteiger partial charge in [0.15, 0.2) is 0 Å². The summed E-state index contributed by atoms with van der Waals surface area (Å²) in [6.45, 7) is 0. The second-order valence-electron chi connectivity index (χ2n) is 9.97. The molecule has 0 aliphatic heterocycles. The van der Waals surface area contributed by atoms with Gasteiger partial charge in [0.25, 0.3) is 0 Å². The van der Waals surface area contributed by atoms with Crippen molar-refractivity contribution in [2.45, 2.75) is 0 Å². The van der Waals surface area contributed by atoms with E-state index in [4.69, 9.17) is 9.97 Å². The minimum Gasteiger partial charge on any atom is -0.245 e. The number of aromatic nitrogens is 2. The highest BCUT2D eigenvalue weighted by Crippen LogP contribution is 2.19. The molecule has 0 radical (unpaired) electrons. The van der Waals surface area contributed by atoms with Crippen LogP contribution in [0.25, 0.3) is 59.6 Å². The molecule has 2 heteroatoms. The third-order valence-corrected chi connectivity index (χ3v) is 6.90. The fraction of sp³-hybridized carbons (Fsp3) is 0. The van der Waals surface area contributed by atoms with Gasteiger partial charge in [-0.3, -0.25) is 0 Å². The molecule has 0 N–H and O–H groups in total. The van der Waals surface area contributed by atoms with Crippen LogP contribution >= 0.6 is 0 Å². The predicted molar refractivity (Wildman–Crippen MR) is 181 cm³/mol. The van der Waals surface area contributed by atoms with Gasteiger partial charge in [-0.05, 0) is 57.7 Å². The van der Waals surface area contributed by atoms with Crippen LogP contribution in [-0.2, 0) is 0 Å². The van der Waals surface area contributed by atoms with E-state index < -0.39 is 0 Å². The molecule has 0 aliphatic carbocycles. The highest BCUT2D eigenvalue weighted by atomic mass is 14.8. The van der Waals surface area contributed by atoms with Crippen molar-refractivity contribution in [1.82, 2.24) is 9.97 Å². The minimum atomic E-state index is 0.834. The molecule has 1 aromatic heterocycles. The second-order valence-corrected chi connectivity index (χ2v) is 9.97. The molecule has 0 amide bonds. The standard InChI is InChI=1S/C40H30N2/c1-3-9-31(10-4-1)15-17-33-19-23-35(24-20-33)27-29-39-40(42-38-14-8-7-13-37(38)41-39)30-28-36-25-21-34(22-26-36)18-16-32-11-5-2-6-12-32/h1-30H. The normalized spacial score (nSPS) is 11.9. The van der Waals surface area contributed by atoms with Gasteiger partial charge in [-0.25, -0.2) is 9.97 Å². The number of rotatable bonds is 8. The molecule has 6 aromatic rings. The average molecular weight is 539 g/mol. The average Bonchev–Trinajstić information content (AvgIpc) is 3.06. The third kappa shape index (κ3) is 7.12. The van der Waals surface area contributed by atoms with Crippen LogP contribution in [0, 0.1) is 0 Å². The summed E-state index contributed by atoms with van der Waals surface area (Å²) in [5.74, 6) is 0. The summed E-state index contributed by atoms with van der Waals surface area (Å²) >= 11 is 0. The van der Waals surface area contributed by atoms with Gasteiger partial charge < -0.3 is 0 Å². The molecule has 0 atom stereocenters. The molecule has 0 bridgehead atoms. The number of hydrogen-bond acceptors (Lipinski definition) is 2. The molecule has 2 nitrogen and oxygen atoms in total. The van der Waals surface area contributed by atoms with Crippen molar-refractivity contribution in [3.63, 3.8) is 0 Å². The van der Waals surface area contributed by atoms with E-state index >= 15 is 0 Å². The van der Waals surface area contributed by atoms with Crippen molar-refractivity contribution < 1.29 is 0 Å². The van der Waals surface area contributed by atoms with Crippen LogP contribution in [0.15, 0.2) is 133 Å². The summed E-state index contributed by atoms with van der Waals surface area (Å²) in [6.07, 6.45) is 16.8. The molecule has 200 valence electrons. The Morgan fingerprint density at radius 3 is 0.857 bits per heavy atom. The zero-order valence-electron chi connectivity index (χ0n) is 23.2. The van der Waals surface area contributed by atoms with Crippen molar-refractivity contribution in [3.8, 4) is 0 Å². The monoisotopic (exact) mass is 538 g/mol. The van der Waals surface area contributed by atoms with E-state index in [1.807, 2.05) is 72.8 Å². The van der Waals surface area contributed by atoms with Crippen LogP contribution in [0.4, 0.5) is 0 Å². The van der Waals surface area contributed by atoms with Gasteiger partial charge in [0.05, 0.1) is 22.4 Å². The van der Waals surface area contributed by atoms with E-state index in [2.05, 4.69) is 109 Å². The maximum absolute atomic E-state index is 4.93. The first-order valence-corrected chi connectivity index (χ1v) is 14.1. The minimum absolute atomic E-state index is 0.834. The molecule has 0 fully saturated rings. The van der Waals surface area contributed by atoms with Gasteiger partial charge in [0.1, 0.15) is 0 Å². The summed E-state index contributed by atoms with van der Waals surface area (Å²) in [6, 6.07) is 45.7. The van der Waals surface area contributed by atoms with E-state index in [0.717, 1.165) is 44.7 Å². The second kappa shape index (κ2) is 13.2.